The van der Waals surface area contributed by atoms with Crippen molar-refractivity contribution in [3.8, 4) is 0 Å². The molecule has 0 radical (unpaired) electrons. The molecular formula is C31H37ClN2OS. The second kappa shape index (κ2) is 12.3. The number of hydrogen-bond donors (Lipinski definition) is 1. The SMILES string of the molecule is Cc1ccc(NC(=O)C(C)C)cc1C1CCN(CCc2ccc(Sc3c(C)cccc3Cl)cc2)CC1. The first-order valence-corrected chi connectivity index (χ1v) is 14.2. The van der Waals surface area contributed by atoms with Crippen molar-refractivity contribution in [3.05, 3.63) is 87.9 Å². The number of nitrogens with zero attached hydrogens (tertiary/aromatic N) is 1. The van der Waals surface area contributed by atoms with E-state index in [1.165, 1.54) is 27.1 Å². The Kier molecular flexibility index (Phi) is 9.16. The molecule has 1 saturated heterocycles. The van der Waals surface area contributed by atoms with Crippen molar-refractivity contribution in [1.29, 1.82) is 0 Å². The standard InChI is InChI=1S/C31H37ClN2OS/c1-21(2)31(35)33-26-11-8-22(3)28(20-26)25-15-18-34(19-16-25)17-14-24-9-12-27(13-10-24)36-30-23(4)6-5-7-29(30)32/h5-13,20-21,25H,14-19H2,1-4H3,(H,33,35). The molecule has 3 nitrogen and oxygen atoms in total. The van der Waals surface area contributed by atoms with E-state index < -0.39 is 0 Å². The molecule has 0 aliphatic carbocycles. The van der Waals surface area contributed by atoms with Crippen LogP contribution in [0, 0.1) is 19.8 Å². The van der Waals surface area contributed by atoms with Gasteiger partial charge in [-0.05, 0) is 105 Å². The van der Waals surface area contributed by atoms with Gasteiger partial charge < -0.3 is 10.2 Å². The molecule has 36 heavy (non-hydrogen) atoms. The van der Waals surface area contributed by atoms with Crippen molar-refractivity contribution in [3.63, 3.8) is 0 Å². The van der Waals surface area contributed by atoms with Crippen LogP contribution in [0.25, 0.3) is 0 Å². The first-order valence-electron chi connectivity index (χ1n) is 13.0. The summed E-state index contributed by atoms with van der Waals surface area (Å²) in [5, 5.41) is 3.88. The lowest BCUT2D eigenvalue weighted by molar-refractivity contribution is -0.118. The normalized spacial score (nSPS) is 14.8. The summed E-state index contributed by atoms with van der Waals surface area (Å²) in [7, 11) is 0. The zero-order valence-electron chi connectivity index (χ0n) is 21.8. The van der Waals surface area contributed by atoms with Crippen LogP contribution in [0.3, 0.4) is 0 Å². The number of nitrogens with one attached hydrogen (secondary N) is 1. The number of likely N-dealkylation sites (tertiary alicyclic amines) is 1. The van der Waals surface area contributed by atoms with Gasteiger partial charge in [-0.1, -0.05) is 67.5 Å². The molecule has 1 N–H and O–H groups in total. The molecule has 3 aromatic carbocycles. The maximum absolute atomic E-state index is 12.1. The Morgan fingerprint density at radius 3 is 2.42 bits per heavy atom. The topological polar surface area (TPSA) is 32.3 Å². The third-order valence-corrected chi connectivity index (χ3v) is 8.80. The summed E-state index contributed by atoms with van der Waals surface area (Å²) in [5.74, 6) is 0.617. The van der Waals surface area contributed by atoms with Crippen molar-refractivity contribution < 1.29 is 4.79 Å². The number of aryl methyl sites for hydroxylation is 2. The molecule has 0 aromatic heterocycles. The Hall–Kier alpha value is -2.27. The lowest BCUT2D eigenvalue weighted by atomic mass is 9.86. The van der Waals surface area contributed by atoms with Crippen molar-refractivity contribution >= 4 is 35.0 Å². The molecule has 1 heterocycles. The number of carbonyl (C=O) groups excluding carboxylic acids is 1. The van der Waals surface area contributed by atoms with Gasteiger partial charge >= 0.3 is 0 Å². The highest BCUT2D eigenvalue weighted by molar-refractivity contribution is 7.99. The van der Waals surface area contributed by atoms with Crippen molar-refractivity contribution in [2.24, 2.45) is 5.92 Å². The summed E-state index contributed by atoms with van der Waals surface area (Å²) in [4.78, 5) is 17.1. The molecule has 0 spiro atoms. The van der Waals surface area contributed by atoms with E-state index in [1.54, 1.807) is 11.8 Å². The van der Waals surface area contributed by atoms with Gasteiger partial charge in [0.2, 0.25) is 5.91 Å². The molecule has 1 aliphatic rings. The van der Waals surface area contributed by atoms with E-state index in [4.69, 9.17) is 11.6 Å². The van der Waals surface area contributed by atoms with Crippen molar-refractivity contribution in [2.75, 3.05) is 25.0 Å². The minimum absolute atomic E-state index is 0.0143. The number of benzene rings is 3. The number of amides is 1. The fraction of sp³-hybridized carbons (Fsp3) is 0.387. The van der Waals surface area contributed by atoms with Gasteiger partial charge in [0.25, 0.3) is 0 Å². The van der Waals surface area contributed by atoms with Crippen LogP contribution in [0.5, 0.6) is 0 Å². The number of carbonyl (C=O) groups is 1. The Bertz CT molecular complexity index is 1160. The molecule has 4 rings (SSSR count). The van der Waals surface area contributed by atoms with Crippen LogP contribution in [-0.2, 0) is 11.2 Å². The molecule has 0 unspecified atom stereocenters. The molecule has 1 fully saturated rings. The van der Waals surface area contributed by atoms with Gasteiger partial charge in [0.05, 0.1) is 5.02 Å². The van der Waals surface area contributed by atoms with Gasteiger partial charge in [0, 0.05) is 27.9 Å². The van der Waals surface area contributed by atoms with Crippen LogP contribution >= 0.6 is 23.4 Å². The Balaban J connectivity index is 1.28. The summed E-state index contributed by atoms with van der Waals surface area (Å²) in [6.45, 7) is 11.5. The average Bonchev–Trinajstić information content (AvgIpc) is 2.87. The summed E-state index contributed by atoms with van der Waals surface area (Å²) in [5.41, 5.74) is 6.21. The maximum Gasteiger partial charge on any atom is 0.226 e. The molecule has 190 valence electrons. The second-order valence-corrected chi connectivity index (χ2v) is 11.7. The lowest BCUT2D eigenvalue weighted by Crippen LogP contribution is -2.34. The molecule has 0 atom stereocenters. The molecule has 1 amide bonds. The van der Waals surface area contributed by atoms with Crippen molar-refractivity contribution in [1.82, 2.24) is 4.90 Å². The van der Waals surface area contributed by atoms with Crippen LogP contribution in [-0.4, -0.2) is 30.4 Å². The van der Waals surface area contributed by atoms with E-state index in [0.29, 0.717) is 5.92 Å². The number of anilines is 1. The fourth-order valence-electron chi connectivity index (χ4n) is 4.79. The van der Waals surface area contributed by atoms with E-state index in [9.17, 15) is 4.79 Å². The van der Waals surface area contributed by atoms with Crippen LogP contribution < -0.4 is 5.32 Å². The highest BCUT2D eigenvalue weighted by Crippen LogP contribution is 2.36. The van der Waals surface area contributed by atoms with E-state index in [0.717, 1.165) is 54.5 Å². The monoisotopic (exact) mass is 520 g/mol. The first kappa shape index (κ1) is 26.8. The van der Waals surface area contributed by atoms with Crippen molar-refractivity contribution in [2.45, 2.75) is 62.7 Å². The predicted molar refractivity (Wildman–Crippen MR) is 154 cm³/mol. The molecular weight excluding hydrogens is 484 g/mol. The third-order valence-electron chi connectivity index (χ3n) is 7.12. The molecule has 0 saturated carbocycles. The third kappa shape index (κ3) is 6.94. The quantitative estimate of drug-likeness (QED) is 0.325. The number of piperidine rings is 1. The molecule has 5 heteroatoms. The van der Waals surface area contributed by atoms with E-state index in [1.807, 2.05) is 32.0 Å². The van der Waals surface area contributed by atoms with Gasteiger partial charge in [0.1, 0.15) is 0 Å². The predicted octanol–water partition coefficient (Wildman–Crippen LogP) is 8.12. The molecule has 3 aromatic rings. The minimum Gasteiger partial charge on any atom is -0.326 e. The Morgan fingerprint density at radius 1 is 1.03 bits per heavy atom. The van der Waals surface area contributed by atoms with Crippen LogP contribution in [0.4, 0.5) is 5.69 Å². The maximum atomic E-state index is 12.1. The highest BCUT2D eigenvalue weighted by atomic mass is 35.5. The fourth-order valence-corrected chi connectivity index (χ4v) is 6.03. The lowest BCUT2D eigenvalue weighted by Gasteiger charge is -2.33. The Morgan fingerprint density at radius 2 is 1.75 bits per heavy atom. The summed E-state index contributed by atoms with van der Waals surface area (Å²) >= 11 is 8.13. The molecule has 0 bridgehead atoms. The Labute approximate surface area is 225 Å². The van der Waals surface area contributed by atoms with Gasteiger partial charge in [-0.3, -0.25) is 4.79 Å². The van der Waals surface area contributed by atoms with Gasteiger partial charge in [0.15, 0.2) is 0 Å². The number of hydrogen-bond acceptors (Lipinski definition) is 3. The number of rotatable bonds is 8. The summed E-state index contributed by atoms with van der Waals surface area (Å²) < 4.78 is 0. The second-order valence-electron chi connectivity index (χ2n) is 10.2. The van der Waals surface area contributed by atoms with Gasteiger partial charge in [-0.25, -0.2) is 0 Å². The summed E-state index contributed by atoms with van der Waals surface area (Å²) in [6.07, 6.45) is 3.39. The first-order chi connectivity index (χ1) is 17.3. The van der Waals surface area contributed by atoms with Gasteiger partial charge in [-0.15, -0.1) is 0 Å². The van der Waals surface area contributed by atoms with E-state index in [2.05, 4.69) is 66.5 Å². The van der Waals surface area contributed by atoms with E-state index in [-0.39, 0.29) is 11.8 Å². The average molecular weight is 521 g/mol. The zero-order chi connectivity index (χ0) is 25.7. The molecule has 1 aliphatic heterocycles. The zero-order valence-corrected chi connectivity index (χ0v) is 23.4. The van der Waals surface area contributed by atoms with E-state index >= 15 is 0 Å². The number of halogens is 1. The summed E-state index contributed by atoms with van der Waals surface area (Å²) in [6, 6.07) is 21.3. The smallest absolute Gasteiger partial charge is 0.226 e. The minimum atomic E-state index is -0.0143. The van der Waals surface area contributed by atoms with Crippen LogP contribution in [0.15, 0.2) is 70.5 Å². The van der Waals surface area contributed by atoms with Crippen LogP contribution in [0.2, 0.25) is 5.02 Å². The largest absolute Gasteiger partial charge is 0.326 e. The van der Waals surface area contributed by atoms with Crippen LogP contribution in [0.1, 0.15) is 54.9 Å². The highest BCUT2D eigenvalue weighted by Gasteiger charge is 2.22. The van der Waals surface area contributed by atoms with Gasteiger partial charge in [-0.2, -0.15) is 0 Å².